The topological polar surface area (TPSA) is 75.1 Å². The number of amides is 1. The number of rotatable bonds is 4. The molecule has 0 aliphatic carbocycles. The minimum atomic E-state index is -0.370. The predicted octanol–water partition coefficient (Wildman–Crippen LogP) is 3.42. The summed E-state index contributed by atoms with van der Waals surface area (Å²) in [6, 6.07) is 5.76. The Balaban J connectivity index is 1.57. The van der Waals surface area contributed by atoms with E-state index >= 15 is 0 Å². The average Bonchev–Trinajstić information content (AvgIpc) is 3.30. The van der Waals surface area contributed by atoms with E-state index in [0.717, 1.165) is 10.7 Å². The third-order valence-corrected chi connectivity index (χ3v) is 4.67. The number of benzene rings is 1. The second-order valence-corrected chi connectivity index (χ2v) is 6.50. The normalized spacial score (nSPS) is 12.4. The second kappa shape index (κ2) is 6.14. The van der Waals surface area contributed by atoms with E-state index in [1.54, 1.807) is 12.1 Å². The Kier molecular flexibility index (Phi) is 3.81. The quantitative estimate of drug-likeness (QED) is 0.589. The third-order valence-electron chi connectivity index (χ3n) is 3.90. The molecule has 0 saturated carbocycles. The Hall–Kier alpha value is -3.00. The number of hydrogen-bond acceptors (Lipinski definition) is 4. The summed E-state index contributed by atoms with van der Waals surface area (Å²) in [5, 5.41) is 11.6. The van der Waals surface area contributed by atoms with Gasteiger partial charge in [-0.15, -0.1) is 11.3 Å². The molecule has 25 heavy (non-hydrogen) atoms. The second-order valence-electron chi connectivity index (χ2n) is 5.62. The zero-order chi connectivity index (χ0) is 17.4. The molecule has 0 spiro atoms. The van der Waals surface area contributed by atoms with Crippen LogP contribution in [0.25, 0.3) is 16.2 Å². The summed E-state index contributed by atoms with van der Waals surface area (Å²) in [4.78, 5) is 18.0. The molecule has 1 amide bonds. The van der Waals surface area contributed by atoms with Crippen molar-refractivity contribution in [2.75, 3.05) is 0 Å². The van der Waals surface area contributed by atoms with Crippen molar-refractivity contribution in [3.63, 3.8) is 0 Å². The lowest BCUT2D eigenvalue weighted by Crippen LogP contribution is -2.27. The van der Waals surface area contributed by atoms with Gasteiger partial charge in [-0.1, -0.05) is 12.1 Å². The van der Waals surface area contributed by atoms with Gasteiger partial charge in [0.25, 0.3) is 5.91 Å². The molecule has 0 unspecified atom stereocenters. The number of fused-ring (bicyclic) bond motifs is 1. The molecule has 0 bridgehead atoms. The van der Waals surface area contributed by atoms with Crippen LogP contribution in [0.1, 0.15) is 29.0 Å². The fourth-order valence-electron chi connectivity index (χ4n) is 2.62. The maximum absolute atomic E-state index is 13.4. The summed E-state index contributed by atoms with van der Waals surface area (Å²) in [6.07, 6.45) is 5.25. The van der Waals surface area contributed by atoms with Crippen molar-refractivity contribution < 1.29 is 9.18 Å². The van der Waals surface area contributed by atoms with E-state index < -0.39 is 0 Å². The minimum absolute atomic E-state index is 0.269. The molecule has 8 heteroatoms. The number of halogens is 1. The summed E-state index contributed by atoms with van der Waals surface area (Å²) in [5.74, 6) is -0.665. The number of thiazole rings is 1. The maximum atomic E-state index is 13.4. The van der Waals surface area contributed by atoms with Crippen LogP contribution in [0.15, 0.2) is 48.2 Å². The van der Waals surface area contributed by atoms with Crippen molar-refractivity contribution in [1.29, 1.82) is 0 Å². The summed E-state index contributed by atoms with van der Waals surface area (Å²) in [6.45, 7) is 1.87. The van der Waals surface area contributed by atoms with Crippen molar-refractivity contribution in [2.45, 2.75) is 13.0 Å². The minimum Gasteiger partial charge on any atom is -0.344 e. The zero-order valence-electron chi connectivity index (χ0n) is 13.2. The largest absolute Gasteiger partial charge is 0.344 e. The van der Waals surface area contributed by atoms with Gasteiger partial charge in [0.2, 0.25) is 0 Å². The molecule has 6 nitrogen and oxygen atoms in total. The Labute approximate surface area is 146 Å². The van der Waals surface area contributed by atoms with Crippen LogP contribution in [0, 0.1) is 5.82 Å². The first-order valence-corrected chi connectivity index (χ1v) is 8.52. The summed E-state index contributed by atoms with van der Waals surface area (Å²) in [5.41, 5.74) is 2.18. The number of H-pyrrole nitrogens is 1. The molecular weight excluding hydrogens is 341 g/mol. The molecule has 0 aliphatic rings. The molecule has 0 aliphatic heterocycles. The van der Waals surface area contributed by atoms with Gasteiger partial charge in [0, 0.05) is 23.3 Å². The fourth-order valence-corrected chi connectivity index (χ4v) is 3.33. The van der Waals surface area contributed by atoms with Gasteiger partial charge in [0.15, 0.2) is 4.96 Å². The van der Waals surface area contributed by atoms with E-state index in [1.165, 1.54) is 29.7 Å². The highest BCUT2D eigenvalue weighted by molar-refractivity contribution is 7.15. The highest BCUT2D eigenvalue weighted by Crippen LogP contribution is 2.23. The van der Waals surface area contributed by atoms with E-state index in [9.17, 15) is 9.18 Å². The Morgan fingerprint density at radius 2 is 2.32 bits per heavy atom. The Morgan fingerprint density at radius 1 is 1.44 bits per heavy atom. The van der Waals surface area contributed by atoms with Gasteiger partial charge in [0.1, 0.15) is 5.82 Å². The molecule has 1 aromatic carbocycles. The lowest BCUT2D eigenvalue weighted by atomic mass is 10.1. The molecule has 4 aromatic rings. The molecule has 0 saturated heterocycles. The molecule has 3 aromatic heterocycles. The number of hydrogen-bond donors (Lipinski definition) is 2. The van der Waals surface area contributed by atoms with Crippen LogP contribution in [0.4, 0.5) is 4.39 Å². The fraction of sp³-hybridized carbons (Fsp3) is 0.118. The number of aromatic amines is 1. The maximum Gasteiger partial charge on any atom is 0.255 e. The highest BCUT2D eigenvalue weighted by Gasteiger charge is 2.19. The lowest BCUT2D eigenvalue weighted by molar-refractivity contribution is 0.0940. The van der Waals surface area contributed by atoms with Gasteiger partial charge in [-0.25, -0.2) is 9.37 Å². The number of carbonyl (C=O) groups excluding carboxylic acids is 1. The van der Waals surface area contributed by atoms with Crippen molar-refractivity contribution in [3.05, 3.63) is 65.3 Å². The van der Waals surface area contributed by atoms with Gasteiger partial charge in [-0.2, -0.15) is 5.10 Å². The monoisotopic (exact) mass is 355 g/mol. The Bertz CT molecular complexity index is 1020. The Morgan fingerprint density at radius 3 is 3.12 bits per heavy atom. The molecule has 4 rings (SSSR count). The first kappa shape index (κ1) is 15.5. The molecule has 0 radical (unpaired) electrons. The van der Waals surface area contributed by atoms with Gasteiger partial charge >= 0.3 is 0 Å². The SMILES string of the molecule is C[C@@H](NC(=O)c1cn[nH]c1-c1cccc(F)c1)c1cn2ccsc2n1. The number of aromatic nitrogens is 4. The summed E-state index contributed by atoms with van der Waals surface area (Å²) < 4.78 is 15.4. The van der Waals surface area contributed by atoms with Gasteiger partial charge in [0.05, 0.1) is 29.2 Å². The average molecular weight is 355 g/mol. The van der Waals surface area contributed by atoms with E-state index in [0.29, 0.717) is 16.8 Å². The third kappa shape index (κ3) is 2.91. The highest BCUT2D eigenvalue weighted by atomic mass is 32.1. The molecule has 0 fully saturated rings. The van der Waals surface area contributed by atoms with E-state index in [2.05, 4.69) is 20.5 Å². The smallest absolute Gasteiger partial charge is 0.255 e. The number of carbonyl (C=O) groups is 1. The van der Waals surface area contributed by atoms with Gasteiger partial charge in [-0.3, -0.25) is 14.3 Å². The van der Waals surface area contributed by atoms with Crippen molar-refractivity contribution in [3.8, 4) is 11.3 Å². The summed E-state index contributed by atoms with van der Waals surface area (Å²) >= 11 is 1.53. The number of imidazole rings is 1. The van der Waals surface area contributed by atoms with E-state index in [4.69, 9.17) is 0 Å². The van der Waals surface area contributed by atoms with Gasteiger partial charge in [-0.05, 0) is 19.1 Å². The van der Waals surface area contributed by atoms with E-state index in [-0.39, 0.29) is 17.8 Å². The summed E-state index contributed by atoms with van der Waals surface area (Å²) in [7, 11) is 0. The van der Waals surface area contributed by atoms with Crippen LogP contribution in [-0.4, -0.2) is 25.5 Å². The van der Waals surface area contributed by atoms with Crippen LogP contribution >= 0.6 is 11.3 Å². The van der Waals surface area contributed by atoms with Crippen molar-refractivity contribution in [2.24, 2.45) is 0 Å². The van der Waals surface area contributed by atoms with Crippen molar-refractivity contribution in [1.82, 2.24) is 24.9 Å². The van der Waals surface area contributed by atoms with Crippen LogP contribution in [0.3, 0.4) is 0 Å². The standard InChI is InChI=1S/C17H14FN5OS/c1-10(14-9-23-5-6-25-17(23)21-14)20-16(24)13-8-19-22-15(13)11-3-2-4-12(18)7-11/h2-10H,1H3,(H,19,22)(H,20,24)/t10-/m1/s1. The lowest BCUT2D eigenvalue weighted by Gasteiger charge is -2.11. The van der Waals surface area contributed by atoms with Crippen molar-refractivity contribution >= 4 is 22.2 Å². The first-order chi connectivity index (χ1) is 12.1. The van der Waals surface area contributed by atoms with E-state index in [1.807, 2.05) is 29.1 Å². The van der Waals surface area contributed by atoms with Crippen LogP contribution in [0.2, 0.25) is 0 Å². The predicted molar refractivity (Wildman–Crippen MR) is 92.9 cm³/mol. The molecular formula is C17H14FN5OS. The zero-order valence-corrected chi connectivity index (χ0v) is 14.0. The number of nitrogens with zero attached hydrogens (tertiary/aromatic N) is 3. The molecule has 126 valence electrons. The molecule has 1 atom stereocenters. The van der Waals surface area contributed by atoms with Crippen LogP contribution in [-0.2, 0) is 0 Å². The molecule has 3 heterocycles. The van der Waals surface area contributed by atoms with Crippen LogP contribution < -0.4 is 5.32 Å². The number of nitrogens with one attached hydrogen (secondary N) is 2. The first-order valence-electron chi connectivity index (χ1n) is 7.64. The van der Waals surface area contributed by atoms with Gasteiger partial charge < -0.3 is 5.32 Å². The van der Waals surface area contributed by atoms with Crippen LogP contribution in [0.5, 0.6) is 0 Å². The molecule has 2 N–H and O–H groups in total.